The first-order valence-corrected chi connectivity index (χ1v) is 11.1. The second-order valence-electron chi connectivity index (χ2n) is 7.87. The molecule has 0 radical (unpaired) electrons. The molecule has 2 atom stereocenters. The summed E-state index contributed by atoms with van der Waals surface area (Å²) in [5.41, 5.74) is 2.56. The number of nitrogens with one attached hydrogen (secondary N) is 1. The lowest BCUT2D eigenvalue weighted by Crippen LogP contribution is -2.51. The molecule has 172 valence electrons. The molecule has 0 saturated carbocycles. The van der Waals surface area contributed by atoms with Crippen molar-refractivity contribution in [3.05, 3.63) is 68.1 Å². The van der Waals surface area contributed by atoms with Crippen molar-refractivity contribution in [1.29, 1.82) is 0 Å². The van der Waals surface area contributed by atoms with Crippen LogP contribution >= 0.6 is 23.2 Å². The lowest BCUT2D eigenvalue weighted by molar-refractivity contribution is -0.207. The van der Waals surface area contributed by atoms with Gasteiger partial charge >= 0.3 is 5.76 Å². The number of piperazine rings is 1. The maximum atomic E-state index is 11.3. The van der Waals surface area contributed by atoms with Gasteiger partial charge in [-0.3, -0.25) is 9.88 Å². The van der Waals surface area contributed by atoms with E-state index in [9.17, 15) is 15.0 Å². The monoisotopic (exact) mass is 481 g/mol. The molecular formula is C22H25Cl2N3O5. The van der Waals surface area contributed by atoms with E-state index in [0.29, 0.717) is 52.8 Å². The molecule has 8 nitrogen and oxygen atoms in total. The maximum absolute atomic E-state index is 11.3. The van der Waals surface area contributed by atoms with Crippen molar-refractivity contribution in [3.8, 4) is 0 Å². The minimum atomic E-state index is -1.01. The summed E-state index contributed by atoms with van der Waals surface area (Å²) in [6, 6.07) is 10.4. The molecule has 0 spiro atoms. The van der Waals surface area contributed by atoms with Gasteiger partial charge < -0.3 is 24.3 Å². The van der Waals surface area contributed by atoms with E-state index in [-0.39, 0.29) is 6.61 Å². The second-order valence-corrected chi connectivity index (χ2v) is 8.74. The first-order chi connectivity index (χ1) is 15.4. The van der Waals surface area contributed by atoms with Crippen LogP contribution in [0.3, 0.4) is 0 Å². The van der Waals surface area contributed by atoms with Gasteiger partial charge in [-0.15, -0.1) is 0 Å². The number of aliphatic hydroxyl groups is 2. The van der Waals surface area contributed by atoms with Crippen LogP contribution in [0.25, 0.3) is 11.1 Å². The van der Waals surface area contributed by atoms with Gasteiger partial charge in [-0.1, -0.05) is 29.3 Å². The second kappa shape index (κ2) is 10.4. The highest BCUT2D eigenvalue weighted by Gasteiger charge is 2.23. The zero-order valence-corrected chi connectivity index (χ0v) is 18.8. The number of H-pyrrole nitrogens is 1. The predicted molar refractivity (Wildman–Crippen MR) is 122 cm³/mol. The summed E-state index contributed by atoms with van der Waals surface area (Å²) in [4.78, 5) is 18.0. The van der Waals surface area contributed by atoms with Crippen LogP contribution in [0.15, 0.2) is 45.6 Å². The van der Waals surface area contributed by atoms with Gasteiger partial charge in [0, 0.05) is 42.8 Å². The van der Waals surface area contributed by atoms with E-state index in [4.69, 9.17) is 32.4 Å². The molecule has 0 amide bonds. The summed E-state index contributed by atoms with van der Waals surface area (Å²) in [5, 5.41) is 21.9. The number of aromatic amines is 1. The Morgan fingerprint density at radius 1 is 1.06 bits per heavy atom. The summed E-state index contributed by atoms with van der Waals surface area (Å²) in [6.07, 6.45) is -1.12. The van der Waals surface area contributed by atoms with E-state index < -0.39 is 18.3 Å². The van der Waals surface area contributed by atoms with Crippen LogP contribution in [0.5, 0.6) is 0 Å². The van der Waals surface area contributed by atoms with Gasteiger partial charge in [-0.05, 0) is 47.9 Å². The molecule has 1 aliphatic rings. The molecule has 4 rings (SSSR count). The Bertz CT molecular complexity index is 1090. The molecule has 1 fully saturated rings. The van der Waals surface area contributed by atoms with Gasteiger partial charge in [0.2, 0.25) is 6.41 Å². The van der Waals surface area contributed by atoms with E-state index in [1.54, 1.807) is 36.4 Å². The molecule has 1 saturated heterocycles. The zero-order chi connectivity index (χ0) is 22.7. The van der Waals surface area contributed by atoms with Gasteiger partial charge in [0.1, 0.15) is 0 Å². The average Bonchev–Trinajstić information content (AvgIpc) is 3.14. The van der Waals surface area contributed by atoms with E-state index in [0.717, 1.165) is 18.7 Å². The molecule has 3 aromatic rings. The number of nitrogens with zero attached hydrogens (tertiary/aromatic N) is 2. The number of rotatable bonds is 8. The highest BCUT2D eigenvalue weighted by atomic mass is 35.5. The molecule has 10 heteroatoms. The molecule has 2 heterocycles. The largest absolute Gasteiger partial charge is 0.417 e. The minimum Gasteiger partial charge on any atom is -0.408 e. The van der Waals surface area contributed by atoms with Crippen molar-refractivity contribution in [2.24, 2.45) is 0 Å². The number of fused-ring (bicyclic) bond motifs is 1. The smallest absolute Gasteiger partial charge is 0.408 e. The number of halogens is 2. The van der Waals surface area contributed by atoms with Crippen molar-refractivity contribution < 1.29 is 19.4 Å². The number of oxazole rings is 1. The Morgan fingerprint density at radius 2 is 1.78 bits per heavy atom. The number of ether oxygens (including phenoxy) is 1. The number of aliphatic hydroxyl groups excluding tert-OH is 2. The summed E-state index contributed by atoms with van der Waals surface area (Å²) < 4.78 is 10.6. The number of hydrogen-bond donors (Lipinski definition) is 3. The van der Waals surface area contributed by atoms with E-state index in [1.807, 2.05) is 4.90 Å². The maximum Gasteiger partial charge on any atom is 0.417 e. The normalized spacial score (nSPS) is 17.6. The van der Waals surface area contributed by atoms with Gasteiger partial charge in [0.05, 0.1) is 18.2 Å². The number of hydrogen-bond acceptors (Lipinski definition) is 7. The summed E-state index contributed by atoms with van der Waals surface area (Å²) in [5.74, 6) is -0.507. The first-order valence-electron chi connectivity index (χ1n) is 10.4. The third-order valence-corrected chi connectivity index (χ3v) is 6.03. The molecule has 32 heavy (non-hydrogen) atoms. The Kier molecular flexibility index (Phi) is 7.52. The zero-order valence-electron chi connectivity index (χ0n) is 17.3. The van der Waals surface area contributed by atoms with Crippen molar-refractivity contribution in [3.63, 3.8) is 0 Å². The SMILES string of the molecule is O=c1[nH]c2ccc(C(O)CCN3CCN(C(O)OCc4cc(Cl)cc(Cl)c4)CC3)cc2o1. The van der Waals surface area contributed by atoms with Crippen molar-refractivity contribution in [2.75, 3.05) is 32.7 Å². The summed E-state index contributed by atoms with van der Waals surface area (Å²) in [6.45, 7) is 3.72. The highest BCUT2D eigenvalue weighted by molar-refractivity contribution is 6.34. The average molecular weight is 482 g/mol. The van der Waals surface area contributed by atoms with Crippen LogP contribution < -0.4 is 5.76 Å². The standard InChI is InChI=1S/C22H25Cl2N3O5/c23-16-9-14(10-17(24)12-16)13-31-22(30)27-7-5-26(6-8-27)4-3-19(28)15-1-2-18-20(11-15)32-21(29)25-18/h1-2,9-12,19,22,28,30H,3-8,13H2,(H,25,29). The van der Waals surface area contributed by atoms with Gasteiger partial charge in [-0.2, -0.15) is 0 Å². The fourth-order valence-corrected chi connectivity index (χ4v) is 4.39. The summed E-state index contributed by atoms with van der Waals surface area (Å²) >= 11 is 12.0. The predicted octanol–water partition coefficient (Wildman–Crippen LogP) is 2.96. The van der Waals surface area contributed by atoms with Crippen molar-refractivity contribution in [1.82, 2.24) is 14.8 Å². The Balaban J connectivity index is 1.21. The van der Waals surface area contributed by atoms with E-state index >= 15 is 0 Å². The number of aromatic nitrogens is 1. The third-order valence-electron chi connectivity index (χ3n) is 5.59. The molecule has 0 bridgehead atoms. The molecule has 3 N–H and O–H groups in total. The lowest BCUT2D eigenvalue weighted by Gasteiger charge is -2.37. The molecule has 2 unspecified atom stereocenters. The fourth-order valence-electron chi connectivity index (χ4n) is 3.82. The molecule has 1 aromatic heterocycles. The van der Waals surface area contributed by atoms with Crippen LogP contribution in [-0.4, -0.2) is 64.1 Å². The van der Waals surface area contributed by atoms with Crippen LogP contribution in [0.4, 0.5) is 0 Å². The fraction of sp³-hybridized carbons (Fsp3) is 0.409. The quantitative estimate of drug-likeness (QED) is 0.425. The number of benzene rings is 2. The van der Waals surface area contributed by atoms with Crippen LogP contribution in [0.2, 0.25) is 10.0 Å². The van der Waals surface area contributed by atoms with Crippen LogP contribution in [0, 0.1) is 0 Å². The Hall–Kier alpha value is -1.91. The van der Waals surface area contributed by atoms with Crippen molar-refractivity contribution in [2.45, 2.75) is 25.5 Å². The first kappa shape index (κ1) is 23.3. The molecule has 2 aromatic carbocycles. The van der Waals surface area contributed by atoms with Gasteiger partial charge in [0.25, 0.3) is 0 Å². The van der Waals surface area contributed by atoms with Crippen molar-refractivity contribution >= 4 is 34.3 Å². The van der Waals surface area contributed by atoms with E-state index in [1.165, 1.54) is 0 Å². The molecule has 1 aliphatic heterocycles. The van der Waals surface area contributed by atoms with Gasteiger partial charge in [0.15, 0.2) is 5.58 Å². The minimum absolute atomic E-state index is 0.208. The molecular weight excluding hydrogens is 457 g/mol. The lowest BCUT2D eigenvalue weighted by atomic mass is 10.1. The topological polar surface area (TPSA) is 102 Å². The van der Waals surface area contributed by atoms with E-state index in [2.05, 4.69) is 9.88 Å². The highest BCUT2D eigenvalue weighted by Crippen LogP contribution is 2.22. The summed E-state index contributed by atoms with van der Waals surface area (Å²) in [7, 11) is 0. The van der Waals surface area contributed by atoms with Crippen LogP contribution in [0.1, 0.15) is 23.7 Å². The van der Waals surface area contributed by atoms with Gasteiger partial charge in [-0.25, -0.2) is 4.79 Å². The Labute approximate surface area is 194 Å². The Morgan fingerprint density at radius 3 is 2.50 bits per heavy atom. The van der Waals surface area contributed by atoms with Crippen LogP contribution in [-0.2, 0) is 11.3 Å². The molecule has 0 aliphatic carbocycles. The third kappa shape index (κ3) is 5.90.